The van der Waals surface area contributed by atoms with Crippen LogP contribution >= 0.6 is 0 Å². The molecule has 0 saturated heterocycles. The summed E-state index contributed by atoms with van der Waals surface area (Å²) in [4.78, 5) is 12.3. The molecule has 0 heterocycles. The quantitative estimate of drug-likeness (QED) is 0.662. The van der Waals surface area contributed by atoms with Gasteiger partial charge in [-0.1, -0.05) is 64.1 Å². The Balaban J connectivity index is 1.93. The summed E-state index contributed by atoms with van der Waals surface area (Å²) in [6, 6.07) is 14.6. The molecule has 2 aromatic carbocycles. The minimum atomic E-state index is -0.107. The third-order valence-corrected chi connectivity index (χ3v) is 4.65. The number of nitrogens with one attached hydrogen (secondary N) is 1. The van der Waals surface area contributed by atoms with Gasteiger partial charge in [-0.15, -0.1) is 0 Å². The molecule has 1 N–H and O–H groups in total. The summed E-state index contributed by atoms with van der Waals surface area (Å²) >= 11 is 0. The van der Waals surface area contributed by atoms with Crippen LogP contribution in [0.3, 0.4) is 0 Å². The standard InChI is InChI=1S/C24H33NO2/c1-16(2)13-20-8-10-21(11-9-20)19(6)25-24(26)15-27-23-14-18(5)7-12-22(23)17(3)4/h7-12,14,16-17,19H,13,15H2,1-6H3,(H,25,26)/t19-/m0/s1. The van der Waals surface area contributed by atoms with E-state index in [1.807, 2.05) is 19.9 Å². The molecule has 3 nitrogen and oxygen atoms in total. The van der Waals surface area contributed by atoms with E-state index in [1.165, 1.54) is 5.56 Å². The third-order valence-electron chi connectivity index (χ3n) is 4.65. The summed E-state index contributed by atoms with van der Waals surface area (Å²) in [7, 11) is 0. The van der Waals surface area contributed by atoms with Crippen molar-refractivity contribution in [3.05, 3.63) is 64.7 Å². The Hall–Kier alpha value is -2.29. The van der Waals surface area contributed by atoms with Crippen molar-refractivity contribution in [1.29, 1.82) is 0 Å². The molecule has 3 heteroatoms. The number of ether oxygens (including phenoxy) is 1. The van der Waals surface area contributed by atoms with Crippen molar-refractivity contribution < 1.29 is 9.53 Å². The number of carbonyl (C=O) groups is 1. The summed E-state index contributed by atoms with van der Waals surface area (Å²) in [6.07, 6.45) is 1.07. The van der Waals surface area contributed by atoms with Gasteiger partial charge in [-0.3, -0.25) is 4.79 Å². The monoisotopic (exact) mass is 367 g/mol. The van der Waals surface area contributed by atoms with E-state index in [4.69, 9.17) is 4.74 Å². The fourth-order valence-electron chi connectivity index (χ4n) is 3.17. The highest BCUT2D eigenvalue weighted by molar-refractivity contribution is 5.78. The number of hydrogen-bond acceptors (Lipinski definition) is 2. The van der Waals surface area contributed by atoms with Crippen molar-refractivity contribution in [2.75, 3.05) is 6.61 Å². The average Bonchev–Trinajstić information content (AvgIpc) is 2.59. The van der Waals surface area contributed by atoms with Crippen LogP contribution in [0.2, 0.25) is 0 Å². The molecule has 0 aliphatic heterocycles. The first-order valence-corrected chi connectivity index (χ1v) is 9.87. The van der Waals surface area contributed by atoms with E-state index in [2.05, 4.69) is 69.4 Å². The first-order chi connectivity index (χ1) is 12.8. The van der Waals surface area contributed by atoms with Crippen LogP contribution in [0.4, 0.5) is 0 Å². The maximum absolute atomic E-state index is 12.3. The molecular weight excluding hydrogens is 334 g/mol. The zero-order valence-corrected chi connectivity index (χ0v) is 17.5. The van der Waals surface area contributed by atoms with E-state index in [0.717, 1.165) is 28.9 Å². The Bertz CT molecular complexity index is 747. The highest BCUT2D eigenvalue weighted by Gasteiger charge is 2.13. The fourth-order valence-corrected chi connectivity index (χ4v) is 3.17. The molecule has 1 amide bonds. The lowest BCUT2D eigenvalue weighted by Gasteiger charge is -2.17. The molecule has 0 spiro atoms. The van der Waals surface area contributed by atoms with E-state index < -0.39 is 0 Å². The maximum atomic E-state index is 12.3. The van der Waals surface area contributed by atoms with Crippen molar-refractivity contribution in [2.45, 2.75) is 59.9 Å². The molecule has 0 saturated carbocycles. The second-order valence-corrected chi connectivity index (χ2v) is 8.11. The SMILES string of the molecule is Cc1ccc(C(C)C)c(OCC(=O)N[C@@H](C)c2ccc(CC(C)C)cc2)c1. The number of amides is 1. The zero-order valence-electron chi connectivity index (χ0n) is 17.5. The van der Waals surface area contributed by atoms with E-state index >= 15 is 0 Å². The summed E-state index contributed by atoms with van der Waals surface area (Å²) in [6.45, 7) is 12.7. The van der Waals surface area contributed by atoms with Crippen molar-refractivity contribution in [2.24, 2.45) is 5.92 Å². The van der Waals surface area contributed by atoms with Crippen LogP contribution in [0.5, 0.6) is 5.75 Å². The number of carbonyl (C=O) groups excluding carboxylic acids is 1. The summed E-state index contributed by atoms with van der Waals surface area (Å²) in [5.41, 5.74) is 4.69. The Morgan fingerprint density at radius 3 is 2.26 bits per heavy atom. The van der Waals surface area contributed by atoms with Crippen molar-refractivity contribution >= 4 is 5.91 Å². The molecule has 1 atom stereocenters. The van der Waals surface area contributed by atoms with E-state index in [0.29, 0.717) is 11.8 Å². The summed E-state index contributed by atoms with van der Waals surface area (Å²) in [5.74, 6) is 1.69. The minimum absolute atomic E-state index is 0.0267. The minimum Gasteiger partial charge on any atom is -0.483 e. The highest BCUT2D eigenvalue weighted by Crippen LogP contribution is 2.27. The van der Waals surface area contributed by atoms with E-state index in [9.17, 15) is 4.79 Å². The number of hydrogen-bond donors (Lipinski definition) is 1. The first kappa shape index (κ1) is 21.0. The molecule has 0 aliphatic carbocycles. The van der Waals surface area contributed by atoms with Gasteiger partial charge >= 0.3 is 0 Å². The Kier molecular flexibility index (Phi) is 7.46. The molecule has 27 heavy (non-hydrogen) atoms. The van der Waals surface area contributed by atoms with Crippen molar-refractivity contribution in [3.8, 4) is 5.75 Å². The molecule has 146 valence electrons. The molecule has 2 rings (SSSR count). The fraction of sp³-hybridized carbons (Fsp3) is 0.458. The normalized spacial score (nSPS) is 12.3. The van der Waals surface area contributed by atoms with Crippen molar-refractivity contribution in [1.82, 2.24) is 5.32 Å². The van der Waals surface area contributed by atoms with Crippen LogP contribution in [-0.4, -0.2) is 12.5 Å². The van der Waals surface area contributed by atoms with Gasteiger partial charge in [0.15, 0.2) is 6.61 Å². The van der Waals surface area contributed by atoms with Gasteiger partial charge in [-0.05, 0) is 60.4 Å². The lowest BCUT2D eigenvalue weighted by atomic mass is 10.00. The van der Waals surface area contributed by atoms with Crippen LogP contribution in [0, 0.1) is 12.8 Å². The van der Waals surface area contributed by atoms with E-state index in [1.54, 1.807) is 0 Å². The number of rotatable bonds is 8. The van der Waals surface area contributed by atoms with Gasteiger partial charge in [0.25, 0.3) is 5.91 Å². The van der Waals surface area contributed by atoms with Gasteiger partial charge in [-0.25, -0.2) is 0 Å². The van der Waals surface area contributed by atoms with Gasteiger partial charge in [-0.2, -0.15) is 0 Å². The molecule has 0 aromatic heterocycles. The van der Waals surface area contributed by atoms with Crippen LogP contribution in [0.1, 0.15) is 68.8 Å². The Labute approximate surface area is 164 Å². The lowest BCUT2D eigenvalue weighted by molar-refractivity contribution is -0.123. The lowest BCUT2D eigenvalue weighted by Crippen LogP contribution is -2.31. The van der Waals surface area contributed by atoms with Crippen molar-refractivity contribution in [3.63, 3.8) is 0 Å². The molecule has 0 aliphatic rings. The second kappa shape index (κ2) is 9.59. The molecule has 0 bridgehead atoms. The largest absolute Gasteiger partial charge is 0.483 e. The van der Waals surface area contributed by atoms with Crippen LogP contribution in [-0.2, 0) is 11.2 Å². The van der Waals surface area contributed by atoms with Gasteiger partial charge in [0.1, 0.15) is 5.75 Å². The predicted octanol–water partition coefficient (Wildman–Crippen LogP) is 5.57. The van der Waals surface area contributed by atoms with Crippen LogP contribution in [0.15, 0.2) is 42.5 Å². The van der Waals surface area contributed by atoms with Gasteiger partial charge in [0.05, 0.1) is 6.04 Å². The summed E-state index contributed by atoms with van der Waals surface area (Å²) in [5, 5.41) is 3.03. The third kappa shape index (κ3) is 6.42. The van der Waals surface area contributed by atoms with E-state index in [-0.39, 0.29) is 18.6 Å². The number of benzene rings is 2. The average molecular weight is 368 g/mol. The van der Waals surface area contributed by atoms with Gasteiger partial charge < -0.3 is 10.1 Å². The Morgan fingerprint density at radius 1 is 1.00 bits per heavy atom. The molecule has 0 radical (unpaired) electrons. The predicted molar refractivity (Wildman–Crippen MR) is 112 cm³/mol. The summed E-state index contributed by atoms with van der Waals surface area (Å²) < 4.78 is 5.83. The highest BCUT2D eigenvalue weighted by atomic mass is 16.5. The van der Waals surface area contributed by atoms with Crippen LogP contribution in [0.25, 0.3) is 0 Å². The molecule has 0 unspecified atom stereocenters. The maximum Gasteiger partial charge on any atom is 0.258 e. The molecule has 0 fully saturated rings. The molecular formula is C24H33NO2. The van der Waals surface area contributed by atoms with Gasteiger partial charge in [0, 0.05) is 0 Å². The molecule has 2 aromatic rings. The van der Waals surface area contributed by atoms with Gasteiger partial charge in [0.2, 0.25) is 0 Å². The topological polar surface area (TPSA) is 38.3 Å². The van der Waals surface area contributed by atoms with Crippen LogP contribution < -0.4 is 10.1 Å². The smallest absolute Gasteiger partial charge is 0.258 e. The first-order valence-electron chi connectivity index (χ1n) is 9.87. The second-order valence-electron chi connectivity index (χ2n) is 8.11. The number of aryl methyl sites for hydroxylation is 1. The Morgan fingerprint density at radius 2 is 1.67 bits per heavy atom. The zero-order chi connectivity index (χ0) is 20.0.